The summed E-state index contributed by atoms with van der Waals surface area (Å²) in [7, 11) is 0. The zero-order valence-corrected chi connectivity index (χ0v) is 15.9. The molecule has 1 aromatic carbocycles. The van der Waals surface area contributed by atoms with Crippen molar-refractivity contribution in [3.05, 3.63) is 34.6 Å². The second kappa shape index (κ2) is 8.21. The Labute approximate surface area is 157 Å². The van der Waals surface area contributed by atoms with Crippen molar-refractivity contribution in [1.29, 1.82) is 0 Å². The summed E-state index contributed by atoms with van der Waals surface area (Å²) in [5, 5.41) is 4.74. The third-order valence-corrected chi connectivity index (χ3v) is 3.88. The van der Waals surface area contributed by atoms with Crippen molar-refractivity contribution in [2.45, 2.75) is 52.1 Å². The maximum absolute atomic E-state index is 14.6. The third kappa shape index (κ3) is 5.81. The molecule has 2 rings (SSSR count). The molecule has 7 heteroatoms. The second-order valence-corrected chi connectivity index (χ2v) is 7.35. The highest BCUT2D eigenvalue weighted by Crippen LogP contribution is 2.30. The van der Waals surface area contributed by atoms with E-state index >= 15 is 0 Å². The molecule has 1 aromatic rings. The zero-order valence-electron chi connectivity index (χ0n) is 15.9. The molecule has 1 saturated heterocycles. The number of rotatable bonds is 2. The van der Waals surface area contributed by atoms with Gasteiger partial charge in [-0.15, -0.1) is 0 Å². The lowest BCUT2D eigenvalue weighted by Gasteiger charge is -2.23. The summed E-state index contributed by atoms with van der Waals surface area (Å²) in [4.78, 5) is 34.8. The van der Waals surface area contributed by atoms with Crippen LogP contribution in [0.15, 0.2) is 12.1 Å². The van der Waals surface area contributed by atoms with E-state index in [-0.39, 0.29) is 30.9 Å². The van der Waals surface area contributed by atoms with Gasteiger partial charge in [-0.1, -0.05) is 11.8 Å². The van der Waals surface area contributed by atoms with E-state index < -0.39 is 29.3 Å². The van der Waals surface area contributed by atoms with E-state index in [4.69, 9.17) is 4.74 Å². The van der Waals surface area contributed by atoms with Gasteiger partial charge in [-0.25, -0.2) is 9.18 Å². The summed E-state index contributed by atoms with van der Waals surface area (Å²) in [6, 6.07) is 2.94. The Morgan fingerprint density at radius 1 is 1.37 bits per heavy atom. The van der Waals surface area contributed by atoms with Gasteiger partial charge in [-0.3, -0.25) is 14.9 Å². The molecule has 6 nitrogen and oxygen atoms in total. The summed E-state index contributed by atoms with van der Waals surface area (Å²) in [6.45, 7) is 7.03. The van der Waals surface area contributed by atoms with Crippen LogP contribution in [0.25, 0.3) is 0 Å². The summed E-state index contributed by atoms with van der Waals surface area (Å²) < 4.78 is 19.7. The molecule has 3 amide bonds. The SMILES string of the molecule is Cc1cc(C#CCNC(=O)OC(C)(C)C)cc(F)c1C1CCC(=O)NC1=O. The van der Waals surface area contributed by atoms with E-state index in [0.29, 0.717) is 11.1 Å². The molecule has 1 atom stereocenters. The van der Waals surface area contributed by atoms with Crippen molar-refractivity contribution >= 4 is 17.9 Å². The average molecular weight is 374 g/mol. The van der Waals surface area contributed by atoms with Crippen LogP contribution >= 0.6 is 0 Å². The average Bonchev–Trinajstić information content (AvgIpc) is 2.51. The first-order valence-corrected chi connectivity index (χ1v) is 8.66. The molecular formula is C20H23FN2O4. The second-order valence-electron chi connectivity index (χ2n) is 7.35. The Balaban J connectivity index is 2.06. The van der Waals surface area contributed by atoms with Gasteiger partial charge in [0, 0.05) is 17.5 Å². The largest absolute Gasteiger partial charge is 0.444 e. The summed E-state index contributed by atoms with van der Waals surface area (Å²) >= 11 is 0. The van der Waals surface area contributed by atoms with Crippen LogP contribution in [0.3, 0.4) is 0 Å². The van der Waals surface area contributed by atoms with Gasteiger partial charge in [0.25, 0.3) is 0 Å². The smallest absolute Gasteiger partial charge is 0.408 e. The van der Waals surface area contributed by atoms with E-state index in [1.807, 2.05) is 0 Å². The highest BCUT2D eigenvalue weighted by Gasteiger charge is 2.31. The Hall–Kier alpha value is -2.88. The fraction of sp³-hybridized carbons (Fsp3) is 0.450. The lowest BCUT2D eigenvalue weighted by molar-refractivity contribution is -0.134. The molecule has 2 N–H and O–H groups in total. The number of halogens is 1. The monoisotopic (exact) mass is 374 g/mol. The van der Waals surface area contributed by atoms with E-state index in [2.05, 4.69) is 22.5 Å². The Kier molecular flexibility index (Phi) is 6.21. The van der Waals surface area contributed by atoms with Gasteiger partial charge in [0.2, 0.25) is 11.8 Å². The predicted octanol–water partition coefficient (Wildman–Crippen LogP) is 2.53. The van der Waals surface area contributed by atoms with Crippen LogP contribution < -0.4 is 10.6 Å². The van der Waals surface area contributed by atoms with Gasteiger partial charge < -0.3 is 10.1 Å². The first-order chi connectivity index (χ1) is 12.6. The molecule has 0 radical (unpaired) electrons. The summed E-state index contributed by atoms with van der Waals surface area (Å²) in [5.41, 5.74) is 0.724. The fourth-order valence-corrected chi connectivity index (χ4v) is 2.81. The predicted molar refractivity (Wildman–Crippen MR) is 97.4 cm³/mol. The van der Waals surface area contributed by atoms with Crippen LogP contribution in [-0.4, -0.2) is 30.1 Å². The Bertz CT molecular complexity index is 808. The minimum absolute atomic E-state index is 0.0600. The first-order valence-electron chi connectivity index (χ1n) is 8.66. The Morgan fingerprint density at radius 3 is 2.67 bits per heavy atom. The molecule has 144 valence electrons. The lowest BCUT2D eigenvalue weighted by atomic mass is 9.86. The highest BCUT2D eigenvalue weighted by atomic mass is 19.1. The number of imide groups is 1. The standard InChI is InChI=1S/C20H23FN2O4/c1-12-10-13(6-5-9-22-19(26)27-20(2,3)4)11-15(21)17(12)14-7-8-16(24)23-18(14)25/h10-11,14H,7-9H2,1-4H3,(H,22,26)(H,23,24,25). The minimum Gasteiger partial charge on any atom is -0.444 e. The lowest BCUT2D eigenvalue weighted by Crippen LogP contribution is -2.40. The van der Waals surface area contributed by atoms with Gasteiger partial charge in [-0.2, -0.15) is 0 Å². The number of hydrogen-bond acceptors (Lipinski definition) is 4. The van der Waals surface area contributed by atoms with Crippen molar-refractivity contribution in [3.63, 3.8) is 0 Å². The molecular weight excluding hydrogens is 351 g/mol. The van der Waals surface area contributed by atoms with Gasteiger partial charge >= 0.3 is 6.09 Å². The molecule has 1 heterocycles. The molecule has 0 aromatic heterocycles. The summed E-state index contributed by atoms with van der Waals surface area (Å²) in [5.74, 6) is 3.48. The van der Waals surface area contributed by atoms with Crippen LogP contribution in [0.2, 0.25) is 0 Å². The molecule has 1 aliphatic heterocycles. The summed E-state index contributed by atoms with van der Waals surface area (Å²) in [6.07, 6.45) is -0.104. The van der Waals surface area contributed by atoms with Crippen molar-refractivity contribution in [1.82, 2.24) is 10.6 Å². The maximum atomic E-state index is 14.6. The number of ether oxygens (including phenoxy) is 1. The fourth-order valence-electron chi connectivity index (χ4n) is 2.81. The molecule has 0 aliphatic carbocycles. The number of nitrogens with one attached hydrogen (secondary N) is 2. The van der Waals surface area contributed by atoms with Gasteiger partial charge in [-0.05, 0) is 51.8 Å². The number of piperidine rings is 1. The van der Waals surface area contributed by atoms with Crippen LogP contribution in [0.4, 0.5) is 9.18 Å². The number of hydrogen-bond donors (Lipinski definition) is 2. The number of carbonyl (C=O) groups excluding carboxylic acids is 3. The number of aryl methyl sites for hydroxylation is 1. The normalized spacial score (nSPS) is 16.9. The molecule has 0 bridgehead atoms. The highest BCUT2D eigenvalue weighted by molar-refractivity contribution is 6.01. The van der Waals surface area contributed by atoms with Gasteiger partial charge in [0.05, 0.1) is 12.5 Å². The molecule has 1 aliphatic rings. The maximum Gasteiger partial charge on any atom is 0.408 e. The zero-order chi connectivity index (χ0) is 20.2. The number of carbonyl (C=O) groups is 3. The number of amides is 3. The van der Waals surface area contributed by atoms with E-state index in [9.17, 15) is 18.8 Å². The van der Waals surface area contributed by atoms with Crippen molar-refractivity contribution in [2.24, 2.45) is 0 Å². The van der Waals surface area contributed by atoms with E-state index in [1.54, 1.807) is 33.8 Å². The van der Waals surface area contributed by atoms with E-state index in [0.717, 1.165) is 0 Å². The van der Waals surface area contributed by atoms with Crippen LogP contribution in [0.1, 0.15) is 56.2 Å². The number of alkyl carbamates (subject to hydrolysis) is 1. The number of benzene rings is 1. The van der Waals surface area contributed by atoms with Crippen molar-refractivity contribution in [3.8, 4) is 11.8 Å². The van der Waals surface area contributed by atoms with E-state index in [1.165, 1.54) is 6.07 Å². The molecule has 27 heavy (non-hydrogen) atoms. The molecule has 1 unspecified atom stereocenters. The third-order valence-electron chi connectivity index (χ3n) is 3.88. The molecule has 1 fully saturated rings. The van der Waals surface area contributed by atoms with Crippen LogP contribution in [0, 0.1) is 24.6 Å². The van der Waals surface area contributed by atoms with Crippen molar-refractivity contribution in [2.75, 3.05) is 6.54 Å². The Morgan fingerprint density at radius 2 is 2.07 bits per heavy atom. The van der Waals surface area contributed by atoms with Crippen LogP contribution in [-0.2, 0) is 14.3 Å². The first kappa shape index (κ1) is 20.4. The van der Waals surface area contributed by atoms with Crippen LogP contribution in [0.5, 0.6) is 0 Å². The van der Waals surface area contributed by atoms with Gasteiger partial charge in [0.15, 0.2) is 0 Å². The van der Waals surface area contributed by atoms with Crippen molar-refractivity contribution < 1.29 is 23.5 Å². The molecule has 0 saturated carbocycles. The quantitative estimate of drug-likeness (QED) is 0.615. The molecule has 0 spiro atoms. The minimum atomic E-state index is -0.682. The topological polar surface area (TPSA) is 84.5 Å². The van der Waals surface area contributed by atoms with Gasteiger partial charge in [0.1, 0.15) is 11.4 Å².